The predicted molar refractivity (Wildman–Crippen MR) is 141 cm³/mol. The number of aliphatic hydroxyl groups is 1. The van der Waals surface area contributed by atoms with Gasteiger partial charge in [-0.25, -0.2) is 9.97 Å². The van der Waals surface area contributed by atoms with Crippen molar-refractivity contribution in [1.82, 2.24) is 19.5 Å². The number of halogens is 2. The van der Waals surface area contributed by atoms with Crippen LogP contribution in [0, 0.1) is 0 Å². The van der Waals surface area contributed by atoms with E-state index in [0.29, 0.717) is 51.1 Å². The molecular formula is C24H30Cl2N4O6Si. The number of rotatable bonds is 9. The summed E-state index contributed by atoms with van der Waals surface area (Å²) in [6.45, 7) is 8.18. The van der Waals surface area contributed by atoms with Crippen molar-refractivity contribution in [3.05, 3.63) is 28.4 Å². The lowest BCUT2D eigenvalue weighted by Crippen LogP contribution is -2.35. The minimum Gasteiger partial charge on any atom is -0.480 e. The van der Waals surface area contributed by atoms with Crippen molar-refractivity contribution in [2.75, 3.05) is 26.9 Å². The average molecular weight is 570 g/mol. The summed E-state index contributed by atoms with van der Waals surface area (Å²) in [4.78, 5) is 13.7. The molecule has 37 heavy (non-hydrogen) atoms. The number of hydrogen-bond donors (Lipinski definition) is 1. The fraction of sp³-hybridized carbons (Fsp3) is 0.542. The maximum atomic E-state index is 10.1. The van der Waals surface area contributed by atoms with Crippen LogP contribution in [0.1, 0.15) is 0 Å². The van der Waals surface area contributed by atoms with Crippen molar-refractivity contribution in [2.24, 2.45) is 0 Å². The van der Waals surface area contributed by atoms with Gasteiger partial charge in [0, 0.05) is 14.7 Å². The van der Waals surface area contributed by atoms with Crippen molar-refractivity contribution in [1.29, 1.82) is 0 Å². The summed E-state index contributed by atoms with van der Waals surface area (Å²) in [5.41, 5.74) is 2.13. The molecular weight excluding hydrogens is 539 g/mol. The molecule has 3 aromatic heterocycles. The number of methoxy groups -OCH3 is 1. The van der Waals surface area contributed by atoms with Crippen LogP contribution in [0.15, 0.2) is 18.2 Å². The van der Waals surface area contributed by atoms with Crippen LogP contribution in [0.25, 0.3) is 22.4 Å². The molecule has 2 aliphatic heterocycles. The first kappa shape index (κ1) is 26.6. The molecule has 0 unspecified atom stereocenters. The monoisotopic (exact) mass is 568 g/mol. The van der Waals surface area contributed by atoms with E-state index in [1.54, 1.807) is 22.8 Å². The Morgan fingerprint density at radius 3 is 2.65 bits per heavy atom. The van der Waals surface area contributed by atoms with Crippen molar-refractivity contribution in [2.45, 2.75) is 56.8 Å². The van der Waals surface area contributed by atoms with E-state index in [1.165, 1.54) is 7.11 Å². The molecule has 1 N–H and O–H groups in total. The van der Waals surface area contributed by atoms with Gasteiger partial charge in [0.05, 0.1) is 36.6 Å². The molecule has 2 saturated heterocycles. The first-order valence-corrected chi connectivity index (χ1v) is 16.5. The molecule has 0 bridgehead atoms. The lowest BCUT2D eigenvalue weighted by molar-refractivity contribution is 0.00336. The second-order valence-corrected chi connectivity index (χ2v) is 16.8. The Kier molecular flexibility index (Phi) is 7.65. The fourth-order valence-corrected chi connectivity index (χ4v) is 5.51. The van der Waals surface area contributed by atoms with Crippen molar-refractivity contribution >= 4 is 42.4 Å². The van der Waals surface area contributed by atoms with E-state index in [0.717, 1.165) is 6.04 Å². The molecule has 3 aromatic rings. The van der Waals surface area contributed by atoms with Crippen molar-refractivity contribution < 1.29 is 28.8 Å². The first-order chi connectivity index (χ1) is 17.6. The smallest absolute Gasteiger partial charge is 0.301 e. The number of aromatic nitrogens is 4. The van der Waals surface area contributed by atoms with Crippen LogP contribution in [0.2, 0.25) is 35.9 Å². The first-order valence-electron chi connectivity index (χ1n) is 12.1. The predicted octanol–water partition coefficient (Wildman–Crippen LogP) is 4.03. The number of imidazole rings is 1. The third-order valence-electron chi connectivity index (χ3n) is 6.37. The zero-order valence-electron chi connectivity index (χ0n) is 21.1. The van der Waals surface area contributed by atoms with Gasteiger partial charge < -0.3 is 28.8 Å². The Hall–Kier alpha value is -1.99. The maximum absolute atomic E-state index is 10.1. The molecule has 4 atom stereocenters. The van der Waals surface area contributed by atoms with Gasteiger partial charge in [-0.3, -0.25) is 4.57 Å². The van der Waals surface area contributed by atoms with Crippen LogP contribution < -0.4 is 9.47 Å². The Labute approximate surface area is 225 Å². The molecule has 0 spiro atoms. The summed E-state index contributed by atoms with van der Waals surface area (Å²) in [7, 11) is 0.234. The van der Waals surface area contributed by atoms with Crippen LogP contribution in [0.3, 0.4) is 0 Å². The van der Waals surface area contributed by atoms with Crippen molar-refractivity contribution in [3.8, 4) is 23.1 Å². The fourth-order valence-electron chi connectivity index (χ4n) is 4.37. The van der Waals surface area contributed by atoms with Gasteiger partial charge >= 0.3 is 6.01 Å². The quantitative estimate of drug-likeness (QED) is 0.232. The van der Waals surface area contributed by atoms with Gasteiger partial charge in [-0.15, -0.1) is 0 Å². The van der Waals surface area contributed by atoms with E-state index in [1.807, 2.05) is 0 Å². The van der Waals surface area contributed by atoms with Crippen LogP contribution in [0.5, 0.6) is 11.9 Å². The number of pyridine rings is 2. The zero-order chi connectivity index (χ0) is 26.3. The van der Waals surface area contributed by atoms with Gasteiger partial charge in [-0.05, 0) is 24.2 Å². The zero-order valence-corrected chi connectivity index (χ0v) is 23.6. The molecule has 0 aromatic carbocycles. The number of fused-ring (bicyclic) bond motifs is 2. The van der Waals surface area contributed by atoms with Gasteiger partial charge in [-0.1, -0.05) is 42.8 Å². The highest BCUT2D eigenvalue weighted by molar-refractivity contribution is 6.76. The summed E-state index contributed by atoms with van der Waals surface area (Å²) in [5, 5.41) is 10.8. The van der Waals surface area contributed by atoms with Gasteiger partial charge in [-0.2, -0.15) is 4.98 Å². The minimum atomic E-state index is -1.28. The van der Waals surface area contributed by atoms with Gasteiger partial charge in [0.25, 0.3) is 0 Å². The van der Waals surface area contributed by atoms with Crippen LogP contribution in [-0.2, 0) is 20.9 Å². The summed E-state index contributed by atoms with van der Waals surface area (Å²) in [6, 6.07) is 6.46. The second kappa shape index (κ2) is 10.6. The van der Waals surface area contributed by atoms with Gasteiger partial charge in [0.1, 0.15) is 35.7 Å². The lowest BCUT2D eigenvalue weighted by atomic mass is 10.1. The van der Waals surface area contributed by atoms with E-state index < -0.39 is 26.4 Å². The van der Waals surface area contributed by atoms with Crippen molar-refractivity contribution in [3.63, 3.8) is 0 Å². The summed E-state index contributed by atoms with van der Waals surface area (Å²) in [6.07, 6.45) is -1.91. The number of nitrogens with zero attached hydrogens (tertiary/aromatic N) is 4. The van der Waals surface area contributed by atoms with Crippen LogP contribution in [-0.4, -0.2) is 84.0 Å². The summed E-state index contributed by atoms with van der Waals surface area (Å²) in [5.74, 6) is 0.307. The number of ether oxygens (including phenoxy) is 5. The molecule has 5 rings (SSSR count). The molecule has 0 aliphatic carbocycles. The van der Waals surface area contributed by atoms with E-state index in [4.69, 9.17) is 51.9 Å². The van der Waals surface area contributed by atoms with E-state index >= 15 is 0 Å². The van der Waals surface area contributed by atoms with Crippen LogP contribution >= 0.6 is 23.2 Å². The third kappa shape index (κ3) is 5.58. The molecule has 0 radical (unpaired) electrons. The SMILES string of the molecule is COc1nc(Cl)ccc1-c1nc2c(cc1Cl)nc(O[C@@H]1CO[C@H]3[C@@H]1OC[C@H]3O)n2COCC[Si](C)(C)C. The molecule has 2 fully saturated rings. The van der Waals surface area contributed by atoms with Gasteiger partial charge in [0.2, 0.25) is 5.88 Å². The molecule has 5 heterocycles. The Morgan fingerprint density at radius 1 is 1.11 bits per heavy atom. The number of hydrogen-bond acceptors (Lipinski definition) is 9. The molecule has 10 nitrogen and oxygen atoms in total. The topological polar surface area (TPSA) is 110 Å². The maximum Gasteiger partial charge on any atom is 0.301 e. The Bertz CT molecular complexity index is 1290. The molecule has 0 saturated carbocycles. The summed E-state index contributed by atoms with van der Waals surface area (Å²) >= 11 is 12.7. The highest BCUT2D eigenvalue weighted by atomic mass is 35.5. The molecule has 200 valence electrons. The van der Waals surface area contributed by atoms with E-state index in [2.05, 4.69) is 29.6 Å². The van der Waals surface area contributed by atoms with E-state index in [-0.39, 0.29) is 26.0 Å². The highest BCUT2D eigenvalue weighted by Crippen LogP contribution is 2.37. The normalized spacial score (nSPS) is 23.5. The third-order valence-corrected chi connectivity index (χ3v) is 8.57. The summed E-state index contributed by atoms with van der Waals surface area (Å²) < 4.78 is 31.0. The average Bonchev–Trinajstić information content (AvgIpc) is 3.51. The molecule has 0 amide bonds. The van der Waals surface area contributed by atoms with Gasteiger partial charge in [0.15, 0.2) is 11.8 Å². The Balaban J connectivity index is 1.51. The Morgan fingerprint density at radius 2 is 1.89 bits per heavy atom. The number of aliphatic hydroxyl groups excluding tert-OH is 1. The second-order valence-electron chi connectivity index (χ2n) is 10.3. The largest absolute Gasteiger partial charge is 0.480 e. The minimum absolute atomic E-state index is 0.186. The van der Waals surface area contributed by atoms with E-state index in [9.17, 15) is 5.11 Å². The molecule has 13 heteroatoms. The lowest BCUT2D eigenvalue weighted by Gasteiger charge is -2.19. The molecule has 2 aliphatic rings. The standard InChI is InChI=1S/C24H30Cl2N4O6Si/c1-32-23-13(5-6-18(26)28-23)19-14(25)9-15-22(29-19)30(12-33-7-8-37(2,3)4)24(27-15)36-17-11-35-20-16(31)10-34-21(17)20/h5-6,9,16-17,20-21,31H,7-8,10-12H2,1-4H3/t16-,17-,20-,21-/m1/s1. The highest BCUT2D eigenvalue weighted by Gasteiger charge is 2.49. The van der Waals surface area contributed by atoms with Crippen LogP contribution in [0.4, 0.5) is 0 Å².